The molecule has 2 nitrogen and oxygen atoms in total. The summed E-state index contributed by atoms with van der Waals surface area (Å²) in [5.41, 5.74) is 8.86. The lowest BCUT2D eigenvalue weighted by molar-refractivity contribution is 0.422. The maximum atomic E-state index is 10.5. The SMILES string of the molecule is C[C@H](N)c1cc(C(C)(C)C)c(O)c(C(C)(C)C)c1. The second kappa shape index (κ2) is 4.58. The standard InChI is InChI=1S/C16H27NO/c1-10(17)11-8-12(15(2,3)4)14(18)13(9-11)16(5,6)7/h8-10,18H,17H2,1-7H3/t10-/m0/s1. The largest absolute Gasteiger partial charge is 0.507 e. The van der Waals surface area contributed by atoms with Crippen LogP contribution >= 0.6 is 0 Å². The molecule has 0 aliphatic rings. The van der Waals surface area contributed by atoms with Crippen LogP contribution in [-0.4, -0.2) is 5.11 Å². The molecule has 3 N–H and O–H groups in total. The Morgan fingerprint density at radius 2 is 1.28 bits per heavy atom. The first kappa shape index (κ1) is 15.0. The van der Waals surface area contributed by atoms with E-state index in [1.54, 1.807) is 0 Å². The molecule has 0 bridgehead atoms. The minimum absolute atomic E-state index is 0.0206. The van der Waals surface area contributed by atoms with Crippen LogP contribution in [0.15, 0.2) is 12.1 Å². The van der Waals surface area contributed by atoms with E-state index < -0.39 is 0 Å². The summed E-state index contributed by atoms with van der Waals surface area (Å²) in [7, 11) is 0. The van der Waals surface area contributed by atoms with Gasteiger partial charge >= 0.3 is 0 Å². The Morgan fingerprint density at radius 1 is 0.944 bits per heavy atom. The first-order valence-corrected chi connectivity index (χ1v) is 6.58. The molecular weight excluding hydrogens is 222 g/mol. The molecule has 0 aliphatic carbocycles. The molecule has 1 aromatic rings. The van der Waals surface area contributed by atoms with Crippen LogP contribution in [0, 0.1) is 0 Å². The fraction of sp³-hybridized carbons (Fsp3) is 0.625. The van der Waals surface area contributed by atoms with Crippen LogP contribution in [0.1, 0.15) is 71.2 Å². The van der Waals surface area contributed by atoms with Gasteiger partial charge in [0.2, 0.25) is 0 Å². The summed E-state index contributed by atoms with van der Waals surface area (Å²) in [5, 5.41) is 10.5. The summed E-state index contributed by atoms with van der Waals surface area (Å²) < 4.78 is 0. The van der Waals surface area contributed by atoms with Crippen LogP contribution in [0.3, 0.4) is 0 Å². The molecule has 0 aliphatic heterocycles. The predicted octanol–water partition coefficient (Wildman–Crippen LogP) is 4.01. The van der Waals surface area contributed by atoms with Crippen molar-refractivity contribution < 1.29 is 5.11 Å². The quantitative estimate of drug-likeness (QED) is 0.790. The zero-order valence-electron chi connectivity index (χ0n) is 12.8. The molecule has 102 valence electrons. The highest BCUT2D eigenvalue weighted by molar-refractivity contribution is 5.50. The highest BCUT2D eigenvalue weighted by Crippen LogP contribution is 2.40. The first-order valence-electron chi connectivity index (χ1n) is 6.58. The molecule has 0 spiro atoms. The first-order chi connectivity index (χ1) is 7.94. The van der Waals surface area contributed by atoms with Gasteiger partial charge in [0, 0.05) is 6.04 Å². The van der Waals surface area contributed by atoms with E-state index in [9.17, 15) is 5.11 Å². The van der Waals surface area contributed by atoms with E-state index in [4.69, 9.17) is 5.73 Å². The molecule has 0 fully saturated rings. The third kappa shape index (κ3) is 3.05. The van der Waals surface area contributed by atoms with Gasteiger partial charge in [-0.25, -0.2) is 0 Å². The van der Waals surface area contributed by atoms with Crippen LogP contribution in [-0.2, 0) is 10.8 Å². The van der Waals surface area contributed by atoms with Gasteiger partial charge in [0.15, 0.2) is 0 Å². The maximum Gasteiger partial charge on any atom is 0.123 e. The van der Waals surface area contributed by atoms with Crippen LogP contribution in [0.5, 0.6) is 5.75 Å². The van der Waals surface area contributed by atoms with Gasteiger partial charge in [-0.1, -0.05) is 53.7 Å². The number of hydrogen-bond donors (Lipinski definition) is 2. The number of aromatic hydroxyl groups is 1. The Bertz CT molecular complexity index is 398. The van der Waals surface area contributed by atoms with Crippen molar-refractivity contribution in [1.82, 2.24) is 0 Å². The number of phenols is 1. The average molecular weight is 249 g/mol. The minimum atomic E-state index is -0.0883. The maximum absolute atomic E-state index is 10.5. The van der Waals surface area contributed by atoms with Crippen LogP contribution < -0.4 is 5.73 Å². The fourth-order valence-corrected chi connectivity index (χ4v) is 2.06. The zero-order valence-corrected chi connectivity index (χ0v) is 12.8. The second-order valence-electron chi connectivity index (χ2n) is 7.25. The molecule has 0 heterocycles. The van der Waals surface area contributed by atoms with Gasteiger partial charge in [-0.2, -0.15) is 0 Å². The van der Waals surface area contributed by atoms with E-state index in [1.807, 2.05) is 19.1 Å². The summed E-state index contributed by atoms with van der Waals surface area (Å²) >= 11 is 0. The molecule has 0 aromatic heterocycles. The van der Waals surface area contributed by atoms with Crippen molar-refractivity contribution in [2.24, 2.45) is 5.73 Å². The Labute approximate surface area is 111 Å². The number of rotatable bonds is 1. The monoisotopic (exact) mass is 249 g/mol. The molecule has 2 heteroatoms. The van der Waals surface area contributed by atoms with Gasteiger partial charge in [-0.05, 0) is 34.4 Å². The summed E-state index contributed by atoms with van der Waals surface area (Å²) in [6.45, 7) is 14.6. The van der Waals surface area contributed by atoms with Crippen LogP contribution in [0.2, 0.25) is 0 Å². The van der Waals surface area contributed by atoms with Crippen molar-refractivity contribution in [3.05, 3.63) is 28.8 Å². The Balaban J connectivity index is 3.59. The van der Waals surface area contributed by atoms with Crippen molar-refractivity contribution >= 4 is 0 Å². The van der Waals surface area contributed by atoms with Gasteiger partial charge in [-0.15, -0.1) is 0 Å². The fourth-order valence-electron chi connectivity index (χ4n) is 2.06. The third-order valence-corrected chi connectivity index (χ3v) is 3.27. The second-order valence-corrected chi connectivity index (χ2v) is 7.25. The van der Waals surface area contributed by atoms with Gasteiger partial charge in [-0.3, -0.25) is 0 Å². The Morgan fingerprint density at radius 3 is 1.50 bits per heavy atom. The number of hydrogen-bond acceptors (Lipinski definition) is 2. The average Bonchev–Trinajstić information content (AvgIpc) is 2.13. The van der Waals surface area contributed by atoms with Crippen LogP contribution in [0.25, 0.3) is 0 Å². The van der Waals surface area contributed by atoms with Gasteiger partial charge < -0.3 is 10.8 Å². The van der Waals surface area contributed by atoms with Crippen molar-refractivity contribution in [2.75, 3.05) is 0 Å². The van der Waals surface area contributed by atoms with Gasteiger partial charge in [0.05, 0.1) is 0 Å². The lowest BCUT2D eigenvalue weighted by Crippen LogP contribution is -2.19. The molecule has 0 saturated heterocycles. The highest BCUT2D eigenvalue weighted by atomic mass is 16.3. The summed E-state index contributed by atoms with van der Waals surface area (Å²) in [6, 6.07) is 4.05. The Hall–Kier alpha value is -1.02. The van der Waals surface area contributed by atoms with E-state index in [2.05, 4.69) is 41.5 Å². The van der Waals surface area contributed by atoms with E-state index in [0.29, 0.717) is 5.75 Å². The molecule has 1 atom stereocenters. The normalized spacial score (nSPS) is 14.7. The lowest BCUT2D eigenvalue weighted by Gasteiger charge is -2.28. The predicted molar refractivity (Wildman–Crippen MR) is 78.1 cm³/mol. The molecular formula is C16H27NO. The van der Waals surface area contributed by atoms with Crippen LogP contribution in [0.4, 0.5) is 0 Å². The smallest absolute Gasteiger partial charge is 0.123 e. The van der Waals surface area contributed by atoms with E-state index in [0.717, 1.165) is 16.7 Å². The van der Waals surface area contributed by atoms with Gasteiger partial charge in [0.25, 0.3) is 0 Å². The molecule has 1 aromatic carbocycles. The van der Waals surface area contributed by atoms with E-state index in [1.165, 1.54) is 0 Å². The van der Waals surface area contributed by atoms with Crippen molar-refractivity contribution in [1.29, 1.82) is 0 Å². The molecule has 0 saturated carbocycles. The zero-order chi connectivity index (χ0) is 14.3. The third-order valence-electron chi connectivity index (χ3n) is 3.27. The van der Waals surface area contributed by atoms with E-state index in [-0.39, 0.29) is 16.9 Å². The minimum Gasteiger partial charge on any atom is -0.507 e. The molecule has 0 unspecified atom stereocenters. The highest BCUT2D eigenvalue weighted by Gasteiger charge is 2.26. The number of phenolic OH excluding ortho intramolecular Hbond substituents is 1. The summed E-state index contributed by atoms with van der Waals surface area (Å²) in [6.07, 6.45) is 0. The van der Waals surface area contributed by atoms with E-state index >= 15 is 0 Å². The topological polar surface area (TPSA) is 46.2 Å². The summed E-state index contributed by atoms with van der Waals surface area (Å²) in [4.78, 5) is 0. The molecule has 18 heavy (non-hydrogen) atoms. The summed E-state index contributed by atoms with van der Waals surface area (Å²) in [5.74, 6) is 0.416. The van der Waals surface area contributed by atoms with Crippen molar-refractivity contribution in [2.45, 2.75) is 65.3 Å². The molecule has 1 rings (SSSR count). The van der Waals surface area contributed by atoms with Crippen molar-refractivity contribution in [3.8, 4) is 5.75 Å². The van der Waals surface area contributed by atoms with Gasteiger partial charge in [0.1, 0.15) is 5.75 Å². The lowest BCUT2D eigenvalue weighted by atomic mass is 9.78. The molecule has 0 amide bonds. The molecule has 0 radical (unpaired) electrons. The number of nitrogens with two attached hydrogens (primary N) is 1. The van der Waals surface area contributed by atoms with Crippen molar-refractivity contribution in [3.63, 3.8) is 0 Å². The number of benzene rings is 1. The Kier molecular flexibility index (Phi) is 3.83.